The second-order valence-electron chi connectivity index (χ2n) is 11.3. The first-order valence-electron chi connectivity index (χ1n) is 13.2. The number of aromatic nitrogens is 2. The molecular formula is C27H35N3O4. The molecule has 34 heavy (non-hydrogen) atoms. The third-order valence-electron chi connectivity index (χ3n) is 9.27. The second-order valence-corrected chi connectivity index (χ2v) is 11.3. The molecule has 1 aromatic heterocycles. The lowest BCUT2D eigenvalue weighted by atomic mass is 9.68. The summed E-state index contributed by atoms with van der Waals surface area (Å²) in [5, 5.41) is 9.87. The molecule has 4 bridgehead atoms. The number of carbonyl (C=O) groups is 1. The highest BCUT2D eigenvalue weighted by molar-refractivity contribution is 5.79. The fraction of sp³-hybridized carbons (Fsp3) is 0.667. The molecule has 0 radical (unpaired) electrons. The van der Waals surface area contributed by atoms with Gasteiger partial charge in [0.1, 0.15) is 6.54 Å². The van der Waals surface area contributed by atoms with Crippen LogP contribution in [0.2, 0.25) is 0 Å². The predicted molar refractivity (Wildman–Crippen MR) is 130 cm³/mol. The monoisotopic (exact) mass is 465 g/mol. The maximum atomic E-state index is 13.5. The lowest BCUT2D eigenvalue weighted by Crippen LogP contribution is -2.59. The minimum atomic E-state index is -1.08. The molecule has 2 saturated carbocycles. The molecule has 4 aliphatic rings. The van der Waals surface area contributed by atoms with E-state index in [1.54, 1.807) is 24.3 Å². The Bertz CT molecular complexity index is 1190. The molecule has 0 amide bonds. The van der Waals surface area contributed by atoms with Crippen LogP contribution in [0.5, 0.6) is 0 Å². The summed E-state index contributed by atoms with van der Waals surface area (Å²) in [4.78, 5) is 41.4. The summed E-state index contributed by atoms with van der Waals surface area (Å²) in [5.74, 6) is 0.677. The average Bonchev–Trinajstić information content (AvgIpc) is 2.81. The quantitative estimate of drug-likeness (QED) is 0.743. The highest BCUT2D eigenvalue weighted by Crippen LogP contribution is 2.47. The van der Waals surface area contributed by atoms with E-state index in [1.807, 2.05) is 0 Å². The van der Waals surface area contributed by atoms with E-state index in [0.29, 0.717) is 29.0 Å². The summed E-state index contributed by atoms with van der Waals surface area (Å²) in [7, 11) is 0. The Labute approximate surface area is 199 Å². The van der Waals surface area contributed by atoms with Crippen LogP contribution < -0.4 is 11.2 Å². The standard InChI is InChI=1S/C27H35N3O4/c31-25(32)16-28-24-10-2-1-9-23(24)26(33)30(27(28)34)22-14-19-7-4-8-20(15-22)29(19)21-12-17-5-3-6-18(11-17)13-21/h1-2,9-10,17-22H,3-8,11-16H2,(H,31,32)/t17-,18+,19-,20+,21?,22?. The van der Waals surface area contributed by atoms with Gasteiger partial charge in [0, 0.05) is 24.2 Å². The van der Waals surface area contributed by atoms with Gasteiger partial charge in [-0.3, -0.25) is 23.6 Å². The van der Waals surface area contributed by atoms with Crippen LogP contribution in [0.15, 0.2) is 33.9 Å². The predicted octanol–water partition coefficient (Wildman–Crippen LogP) is 3.77. The number of rotatable bonds is 4. The molecule has 2 aliphatic heterocycles. The molecule has 3 heterocycles. The van der Waals surface area contributed by atoms with Gasteiger partial charge in [-0.25, -0.2) is 4.79 Å². The maximum Gasteiger partial charge on any atom is 0.332 e. The number of piperidine rings is 2. The number of benzene rings is 1. The Morgan fingerprint density at radius 2 is 1.47 bits per heavy atom. The molecule has 6 atom stereocenters. The molecule has 2 saturated heterocycles. The SMILES string of the molecule is O=C(O)Cn1c(=O)n(C2C[C@H]3CCC[C@@H](C2)N3C2C[C@H]3CCC[C@@H](C2)C3)c(=O)c2ccccc21. The van der Waals surface area contributed by atoms with Crippen LogP contribution in [0.1, 0.15) is 76.7 Å². The number of fused-ring (bicyclic) bond motifs is 5. The third kappa shape index (κ3) is 3.72. The lowest BCUT2D eigenvalue weighted by molar-refractivity contribution is -0.137. The van der Waals surface area contributed by atoms with Gasteiger partial charge in [-0.05, 0) is 68.9 Å². The van der Waals surface area contributed by atoms with Crippen LogP contribution in [0.3, 0.4) is 0 Å². The number of hydrogen-bond acceptors (Lipinski definition) is 4. The van der Waals surface area contributed by atoms with Gasteiger partial charge >= 0.3 is 11.7 Å². The molecule has 7 heteroatoms. The Balaban J connectivity index is 1.35. The van der Waals surface area contributed by atoms with E-state index in [1.165, 1.54) is 54.1 Å². The van der Waals surface area contributed by atoms with Crippen LogP contribution in [-0.4, -0.2) is 43.2 Å². The first kappa shape index (κ1) is 22.1. The van der Waals surface area contributed by atoms with Gasteiger partial charge in [-0.15, -0.1) is 0 Å². The summed E-state index contributed by atoms with van der Waals surface area (Å²) in [6.07, 6.45) is 13.3. The molecule has 4 fully saturated rings. The molecular weight excluding hydrogens is 430 g/mol. The van der Waals surface area contributed by atoms with Crippen molar-refractivity contribution in [1.82, 2.24) is 14.0 Å². The van der Waals surface area contributed by atoms with Crippen LogP contribution in [-0.2, 0) is 11.3 Å². The van der Waals surface area contributed by atoms with Crippen molar-refractivity contribution >= 4 is 16.9 Å². The Morgan fingerprint density at radius 1 is 0.824 bits per heavy atom. The van der Waals surface area contributed by atoms with Crippen molar-refractivity contribution in [2.45, 2.75) is 101 Å². The molecule has 2 unspecified atom stereocenters. The van der Waals surface area contributed by atoms with Crippen LogP contribution in [0, 0.1) is 11.8 Å². The third-order valence-corrected chi connectivity index (χ3v) is 9.27. The van der Waals surface area contributed by atoms with Crippen molar-refractivity contribution in [2.75, 3.05) is 0 Å². The minimum Gasteiger partial charge on any atom is -0.480 e. The Kier molecular flexibility index (Phi) is 5.63. The number of para-hydroxylation sites is 1. The van der Waals surface area contributed by atoms with E-state index in [-0.39, 0.29) is 11.6 Å². The highest BCUT2D eigenvalue weighted by atomic mass is 16.4. The van der Waals surface area contributed by atoms with Gasteiger partial charge in [-0.2, -0.15) is 0 Å². The summed E-state index contributed by atoms with van der Waals surface area (Å²) in [6, 6.07) is 8.20. The molecule has 0 spiro atoms. The first-order valence-corrected chi connectivity index (χ1v) is 13.2. The van der Waals surface area contributed by atoms with E-state index in [2.05, 4.69) is 4.90 Å². The first-order chi connectivity index (χ1) is 16.5. The Morgan fingerprint density at radius 3 is 2.15 bits per heavy atom. The van der Waals surface area contributed by atoms with Crippen molar-refractivity contribution in [2.24, 2.45) is 11.8 Å². The number of carboxylic acid groups (broad SMARTS) is 1. The fourth-order valence-corrected chi connectivity index (χ4v) is 8.09. The number of carboxylic acids is 1. The van der Waals surface area contributed by atoms with E-state index in [9.17, 15) is 19.5 Å². The molecule has 1 aromatic carbocycles. The largest absolute Gasteiger partial charge is 0.480 e. The number of hydrogen-bond donors (Lipinski definition) is 1. The molecule has 2 aliphatic carbocycles. The van der Waals surface area contributed by atoms with Crippen molar-refractivity contribution in [3.05, 3.63) is 45.1 Å². The smallest absolute Gasteiger partial charge is 0.332 e. The van der Waals surface area contributed by atoms with Gasteiger partial charge in [0.2, 0.25) is 0 Å². The summed E-state index contributed by atoms with van der Waals surface area (Å²) in [6.45, 7) is -0.434. The van der Waals surface area contributed by atoms with Gasteiger partial charge in [0.15, 0.2) is 0 Å². The highest BCUT2D eigenvalue weighted by Gasteiger charge is 2.45. The number of nitrogens with zero attached hydrogens (tertiary/aromatic N) is 3. The van der Waals surface area contributed by atoms with E-state index < -0.39 is 18.2 Å². The topological polar surface area (TPSA) is 84.5 Å². The molecule has 1 N–H and O–H groups in total. The zero-order valence-corrected chi connectivity index (χ0v) is 19.8. The van der Waals surface area contributed by atoms with E-state index in [4.69, 9.17) is 0 Å². The summed E-state index contributed by atoms with van der Waals surface area (Å²) < 4.78 is 2.67. The van der Waals surface area contributed by atoms with E-state index >= 15 is 0 Å². The van der Waals surface area contributed by atoms with Crippen LogP contribution in [0.4, 0.5) is 0 Å². The van der Waals surface area contributed by atoms with Crippen molar-refractivity contribution in [3.63, 3.8) is 0 Å². The van der Waals surface area contributed by atoms with Gasteiger partial charge in [0.05, 0.1) is 10.9 Å². The fourth-order valence-electron chi connectivity index (χ4n) is 8.09. The maximum absolute atomic E-state index is 13.5. The minimum absolute atomic E-state index is 0.167. The van der Waals surface area contributed by atoms with Crippen molar-refractivity contribution in [3.8, 4) is 0 Å². The molecule has 182 valence electrons. The zero-order chi connectivity index (χ0) is 23.4. The second kappa shape index (κ2) is 8.67. The van der Waals surface area contributed by atoms with Gasteiger partial charge in [-0.1, -0.05) is 37.8 Å². The zero-order valence-electron chi connectivity index (χ0n) is 19.8. The lowest BCUT2D eigenvalue weighted by Gasteiger charge is -2.55. The van der Waals surface area contributed by atoms with Crippen LogP contribution >= 0.6 is 0 Å². The molecule has 7 nitrogen and oxygen atoms in total. The van der Waals surface area contributed by atoms with E-state index in [0.717, 1.165) is 37.5 Å². The number of aliphatic carboxylic acids is 1. The van der Waals surface area contributed by atoms with Crippen LogP contribution in [0.25, 0.3) is 10.9 Å². The van der Waals surface area contributed by atoms with Gasteiger partial charge in [0.25, 0.3) is 5.56 Å². The Hall–Kier alpha value is -2.41. The molecule has 6 rings (SSSR count). The summed E-state index contributed by atoms with van der Waals surface area (Å²) >= 11 is 0. The molecule has 2 aromatic rings. The van der Waals surface area contributed by atoms with Crippen molar-refractivity contribution in [1.29, 1.82) is 0 Å². The average molecular weight is 466 g/mol. The van der Waals surface area contributed by atoms with Crippen molar-refractivity contribution < 1.29 is 9.90 Å². The normalized spacial score (nSPS) is 33.6. The van der Waals surface area contributed by atoms with Gasteiger partial charge < -0.3 is 5.11 Å². The summed E-state index contributed by atoms with van der Waals surface area (Å²) in [5.41, 5.74) is -0.344.